The maximum Gasteiger partial charge on any atom is 0.321 e. The molecule has 0 spiro atoms. The van der Waals surface area contributed by atoms with E-state index in [9.17, 15) is 9.59 Å². The zero-order valence-electron chi connectivity index (χ0n) is 12.7. The summed E-state index contributed by atoms with van der Waals surface area (Å²) in [6, 6.07) is -0.282. The van der Waals surface area contributed by atoms with E-state index in [4.69, 9.17) is 5.11 Å². The highest BCUT2D eigenvalue weighted by molar-refractivity contribution is 7.13. The van der Waals surface area contributed by atoms with Gasteiger partial charge in [0.05, 0.1) is 0 Å². The molecular formula is C14H23N3O3S. The second-order valence-electron chi connectivity index (χ2n) is 6.00. The first kappa shape index (κ1) is 17.4. The van der Waals surface area contributed by atoms with Crippen LogP contribution >= 0.6 is 11.3 Å². The highest BCUT2D eigenvalue weighted by Gasteiger charge is 2.24. The molecule has 1 aromatic rings. The van der Waals surface area contributed by atoms with Crippen LogP contribution in [0.4, 0.5) is 9.93 Å². The van der Waals surface area contributed by atoms with Crippen molar-refractivity contribution in [3.05, 3.63) is 11.6 Å². The van der Waals surface area contributed by atoms with Gasteiger partial charge in [-0.15, -0.1) is 11.3 Å². The third-order valence-electron chi connectivity index (χ3n) is 3.36. The fourth-order valence-electron chi connectivity index (χ4n) is 2.09. The number of amides is 2. The Balaban J connectivity index is 2.35. The molecule has 21 heavy (non-hydrogen) atoms. The predicted octanol–water partition coefficient (Wildman–Crippen LogP) is 3.18. The van der Waals surface area contributed by atoms with Crippen molar-refractivity contribution >= 4 is 28.5 Å². The third-order valence-corrected chi connectivity index (χ3v) is 4.05. The Morgan fingerprint density at radius 2 is 2.10 bits per heavy atom. The van der Waals surface area contributed by atoms with Gasteiger partial charge in [-0.2, -0.15) is 0 Å². The van der Waals surface area contributed by atoms with Gasteiger partial charge in [0.25, 0.3) is 0 Å². The van der Waals surface area contributed by atoms with Crippen molar-refractivity contribution in [3.8, 4) is 0 Å². The number of carbonyl (C=O) groups excluding carboxylic acids is 1. The Morgan fingerprint density at radius 1 is 1.38 bits per heavy atom. The minimum atomic E-state index is -0.779. The van der Waals surface area contributed by atoms with E-state index in [1.165, 1.54) is 11.3 Å². The van der Waals surface area contributed by atoms with E-state index in [1.54, 1.807) is 11.6 Å². The lowest BCUT2D eigenvalue weighted by molar-refractivity contribution is -0.137. The Morgan fingerprint density at radius 3 is 2.62 bits per heavy atom. The largest absolute Gasteiger partial charge is 0.481 e. The first-order valence-electron chi connectivity index (χ1n) is 6.95. The molecular weight excluding hydrogens is 290 g/mol. The first-order chi connectivity index (χ1) is 9.79. The molecule has 0 saturated heterocycles. The summed E-state index contributed by atoms with van der Waals surface area (Å²) in [5.41, 5.74) is 0.0168. The molecule has 0 radical (unpaired) electrons. The molecule has 2 amide bonds. The lowest BCUT2D eigenvalue weighted by Gasteiger charge is -2.30. The van der Waals surface area contributed by atoms with Gasteiger partial charge >= 0.3 is 12.0 Å². The van der Waals surface area contributed by atoms with Crippen molar-refractivity contribution in [3.63, 3.8) is 0 Å². The lowest BCUT2D eigenvalue weighted by atomic mass is 9.76. The van der Waals surface area contributed by atoms with Crippen LogP contribution in [0.2, 0.25) is 0 Å². The number of thiazole rings is 1. The average Bonchev–Trinajstić information content (AvgIpc) is 2.84. The van der Waals surface area contributed by atoms with Gasteiger partial charge in [-0.05, 0) is 24.2 Å². The topological polar surface area (TPSA) is 91.3 Å². The van der Waals surface area contributed by atoms with Gasteiger partial charge < -0.3 is 10.4 Å². The SMILES string of the molecule is CC(C)(C)C(CCNC(=O)Nc1nccs1)CCC(=O)O. The number of anilines is 1. The molecule has 1 rings (SSSR count). The molecule has 1 unspecified atom stereocenters. The molecule has 0 bridgehead atoms. The summed E-state index contributed by atoms with van der Waals surface area (Å²) in [4.78, 5) is 26.3. The number of hydrogen-bond donors (Lipinski definition) is 3. The maximum absolute atomic E-state index is 11.7. The van der Waals surface area contributed by atoms with E-state index >= 15 is 0 Å². The summed E-state index contributed by atoms with van der Waals surface area (Å²) >= 11 is 1.36. The van der Waals surface area contributed by atoms with Crippen molar-refractivity contribution in [2.45, 2.75) is 40.0 Å². The van der Waals surface area contributed by atoms with Crippen molar-refractivity contribution < 1.29 is 14.7 Å². The molecule has 1 aromatic heterocycles. The number of nitrogens with one attached hydrogen (secondary N) is 2. The second-order valence-corrected chi connectivity index (χ2v) is 6.90. The number of carboxylic acids is 1. The molecule has 6 nitrogen and oxygen atoms in total. The molecule has 0 aliphatic rings. The minimum Gasteiger partial charge on any atom is -0.481 e. The molecule has 3 N–H and O–H groups in total. The number of carbonyl (C=O) groups is 2. The molecule has 7 heteroatoms. The summed E-state index contributed by atoms with van der Waals surface area (Å²) in [6.45, 7) is 6.79. The van der Waals surface area contributed by atoms with E-state index in [0.717, 1.165) is 6.42 Å². The van der Waals surface area contributed by atoms with Crippen LogP contribution in [0.1, 0.15) is 40.0 Å². The number of aliphatic carboxylic acids is 1. The highest BCUT2D eigenvalue weighted by Crippen LogP contribution is 2.32. The molecule has 118 valence electrons. The molecule has 0 saturated carbocycles. The Hall–Kier alpha value is -1.63. The van der Waals surface area contributed by atoms with Gasteiger partial charge in [-0.25, -0.2) is 9.78 Å². The zero-order valence-corrected chi connectivity index (χ0v) is 13.5. The van der Waals surface area contributed by atoms with Crippen LogP contribution in [0.3, 0.4) is 0 Å². The van der Waals surface area contributed by atoms with E-state index in [2.05, 4.69) is 36.4 Å². The summed E-state index contributed by atoms with van der Waals surface area (Å²) in [6.07, 6.45) is 3.16. The quantitative estimate of drug-likeness (QED) is 0.721. The summed E-state index contributed by atoms with van der Waals surface area (Å²) in [5, 5.41) is 16.6. The number of carboxylic acid groups (broad SMARTS) is 1. The van der Waals surface area contributed by atoms with Crippen molar-refractivity contribution in [2.24, 2.45) is 11.3 Å². The standard InChI is InChI=1S/C14H23N3O3S/c1-14(2,3)10(4-5-11(18)19)6-7-15-12(20)17-13-16-8-9-21-13/h8-10H,4-7H2,1-3H3,(H,18,19)(H2,15,16,17,20). The highest BCUT2D eigenvalue weighted by atomic mass is 32.1. The smallest absolute Gasteiger partial charge is 0.321 e. The van der Waals surface area contributed by atoms with Crippen LogP contribution in [0.5, 0.6) is 0 Å². The Kier molecular flexibility index (Phi) is 6.61. The second kappa shape index (κ2) is 7.97. The average molecular weight is 313 g/mol. The number of urea groups is 1. The van der Waals surface area contributed by atoms with Gasteiger partial charge in [0, 0.05) is 24.5 Å². The number of nitrogens with zero attached hydrogens (tertiary/aromatic N) is 1. The molecule has 0 aromatic carbocycles. The predicted molar refractivity (Wildman–Crippen MR) is 83.6 cm³/mol. The molecule has 0 aliphatic carbocycles. The van der Waals surface area contributed by atoms with Crippen LogP contribution in [0.25, 0.3) is 0 Å². The summed E-state index contributed by atoms with van der Waals surface area (Å²) < 4.78 is 0. The molecule has 1 atom stereocenters. The van der Waals surface area contributed by atoms with Crippen LogP contribution in [0, 0.1) is 11.3 Å². The zero-order chi connectivity index (χ0) is 15.9. The fraction of sp³-hybridized carbons (Fsp3) is 0.643. The van der Waals surface area contributed by atoms with Crippen molar-refractivity contribution in [2.75, 3.05) is 11.9 Å². The number of rotatable bonds is 7. The molecule has 0 fully saturated rings. The molecule has 1 heterocycles. The minimum absolute atomic E-state index is 0.0168. The number of aromatic nitrogens is 1. The lowest BCUT2D eigenvalue weighted by Crippen LogP contribution is -2.32. The van der Waals surface area contributed by atoms with Gasteiger partial charge in [0.1, 0.15) is 0 Å². The number of hydrogen-bond acceptors (Lipinski definition) is 4. The van der Waals surface area contributed by atoms with Gasteiger partial charge in [0.15, 0.2) is 5.13 Å². The Bertz CT molecular complexity index is 455. The van der Waals surface area contributed by atoms with E-state index in [-0.39, 0.29) is 23.8 Å². The van der Waals surface area contributed by atoms with Gasteiger partial charge in [0.2, 0.25) is 0 Å². The summed E-state index contributed by atoms with van der Waals surface area (Å²) in [7, 11) is 0. The van der Waals surface area contributed by atoms with Gasteiger partial charge in [-0.1, -0.05) is 20.8 Å². The van der Waals surface area contributed by atoms with Crippen LogP contribution < -0.4 is 10.6 Å². The van der Waals surface area contributed by atoms with E-state index in [1.807, 2.05) is 0 Å². The maximum atomic E-state index is 11.7. The molecule has 0 aliphatic heterocycles. The summed E-state index contributed by atoms with van der Waals surface area (Å²) in [5.74, 6) is -0.535. The Labute approximate surface area is 129 Å². The van der Waals surface area contributed by atoms with Crippen LogP contribution in [-0.4, -0.2) is 28.6 Å². The third kappa shape index (κ3) is 7.08. The van der Waals surface area contributed by atoms with Gasteiger partial charge in [-0.3, -0.25) is 10.1 Å². The van der Waals surface area contributed by atoms with E-state index in [0.29, 0.717) is 18.1 Å². The van der Waals surface area contributed by atoms with Crippen LogP contribution in [-0.2, 0) is 4.79 Å². The first-order valence-corrected chi connectivity index (χ1v) is 7.83. The van der Waals surface area contributed by atoms with Crippen molar-refractivity contribution in [1.29, 1.82) is 0 Å². The van der Waals surface area contributed by atoms with Crippen LogP contribution in [0.15, 0.2) is 11.6 Å². The van der Waals surface area contributed by atoms with E-state index < -0.39 is 5.97 Å². The fourth-order valence-corrected chi connectivity index (χ4v) is 2.62. The monoisotopic (exact) mass is 313 g/mol. The normalized spacial score (nSPS) is 12.7. The van der Waals surface area contributed by atoms with Crippen molar-refractivity contribution in [1.82, 2.24) is 10.3 Å².